The molecule has 0 spiro atoms. The third kappa shape index (κ3) is 2.44. The molecule has 0 saturated heterocycles. The summed E-state index contributed by atoms with van der Waals surface area (Å²) < 4.78 is 1.15. The number of hydrogen-bond acceptors (Lipinski definition) is 0. The van der Waals surface area contributed by atoms with Gasteiger partial charge in [0.1, 0.15) is 0 Å². The van der Waals surface area contributed by atoms with Gasteiger partial charge in [0.15, 0.2) is 0 Å². The molecule has 2 aliphatic carbocycles. The fourth-order valence-corrected chi connectivity index (χ4v) is 5.55. The molecule has 0 unspecified atom stereocenters. The Morgan fingerprint density at radius 2 is 1.28 bits per heavy atom. The molecule has 4 aromatic rings. The summed E-state index contributed by atoms with van der Waals surface area (Å²) in [5, 5.41) is 0. The smallest absolute Gasteiger partial charge is 0.0178 e. The van der Waals surface area contributed by atoms with Gasteiger partial charge in [0.05, 0.1) is 0 Å². The Balaban J connectivity index is 1.49. The summed E-state index contributed by atoms with van der Waals surface area (Å²) in [5.41, 5.74) is 13.8. The molecule has 4 aromatic carbocycles. The molecule has 1 heteroatoms. The number of halogens is 1. The second-order valence-corrected chi connectivity index (χ2v) is 9.70. The molecule has 0 aliphatic heterocycles. The van der Waals surface area contributed by atoms with Gasteiger partial charge in [0.2, 0.25) is 0 Å². The van der Waals surface area contributed by atoms with E-state index in [0.29, 0.717) is 0 Å². The molecule has 0 saturated carbocycles. The van der Waals surface area contributed by atoms with Crippen LogP contribution < -0.4 is 0 Å². The zero-order chi connectivity index (χ0) is 19.8. The number of fused-ring (bicyclic) bond motifs is 6. The van der Waals surface area contributed by atoms with E-state index in [9.17, 15) is 0 Å². The van der Waals surface area contributed by atoms with Crippen molar-refractivity contribution in [3.05, 3.63) is 106 Å². The summed E-state index contributed by atoms with van der Waals surface area (Å²) in [7, 11) is 0. The van der Waals surface area contributed by atoms with Crippen molar-refractivity contribution in [2.24, 2.45) is 0 Å². The molecule has 2 aliphatic rings. The quantitative estimate of drug-likeness (QED) is 0.249. The van der Waals surface area contributed by atoms with E-state index in [0.717, 1.165) is 10.9 Å². The monoisotopic (exact) mass is 436 g/mol. The van der Waals surface area contributed by atoms with Crippen LogP contribution in [0.2, 0.25) is 0 Å². The second-order valence-electron chi connectivity index (χ2n) is 8.78. The molecule has 0 radical (unpaired) electrons. The molecule has 0 heterocycles. The summed E-state index contributed by atoms with van der Waals surface area (Å²) in [6.45, 7) is 4.68. The Morgan fingerprint density at radius 1 is 0.621 bits per heavy atom. The van der Waals surface area contributed by atoms with Crippen molar-refractivity contribution < 1.29 is 0 Å². The van der Waals surface area contributed by atoms with Crippen LogP contribution >= 0.6 is 15.9 Å². The normalized spacial score (nSPS) is 14.9. The minimum atomic E-state index is 0.00772. The molecule has 6 rings (SSSR count). The van der Waals surface area contributed by atoms with Crippen LogP contribution in [0.15, 0.2) is 83.3 Å². The molecule has 140 valence electrons. The lowest BCUT2D eigenvalue weighted by Crippen LogP contribution is -2.15. The van der Waals surface area contributed by atoms with Gasteiger partial charge in [-0.1, -0.05) is 84.4 Å². The van der Waals surface area contributed by atoms with Crippen LogP contribution in [-0.4, -0.2) is 0 Å². The van der Waals surface area contributed by atoms with Gasteiger partial charge in [-0.05, 0) is 86.3 Å². The highest BCUT2D eigenvalue weighted by Gasteiger charge is 2.35. The Morgan fingerprint density at radius 3 is 2.14 bits per heavy atom. The summed E-state index contributed by atoms with van der Waals surface area (Å²) in [4.78, 5) is 0. The van der Waals surface area contributed by atoms with Gasteiger partial charge in [-0.3, -0.25) is 0 Å². The summed E-state index contributed by atoms with van der Waals surface area (Å²) >= 11 is 3.65. The standard InChI is InChI=1S/C28H21Br/c1-28(2)26-15-18(9-11-23(26)24-12-10-21(29)16-27(24)28)17-7-8-20-13-19-5-3-4-6-22(19)25(20)14-17/h3-12,14-16H,13H2,1-2H3. The van der Waals surface area contributed by atoms with Crippen LogP contribution in [-0.2, 0) is 11.8 Å². The van der Waals surface area contributed by atoms with Gasteiger partial charge in [-0.2, -0.15) is 0 Å². The van der Waals surface area contributed by atoms with Crippen LogP contribution in [0.25, 0.3) is 33.4 Å². The van der Waals surface area contributed by atoms with Crippen molar-refractivity contribution in [1.82, 2.24) is 0 Å². The molecular formula is C28H21Br. The predicted molar refractivity (Wildman–Crippen MR) is 125 cm³/mol. The Labute approximate surface area is 180 Å². The van der Waals surface area contributed by atoms with Crippen molar-refractivity contribution in [3.63, 3.8) is 0 Å². The lowest BCUT2D eigenvalue weighted by molar-refractivity contribution is 0.660. The summed E-state index contributed by atoms with van der Waals surface area (Å²) in [5.74, 6) is 0. The molecule has 0 fully saturated rings. The van der Waals surface area contributed by atoms with Crippen molar-refractivity contribution in [3.8, 4) is 33.4 Å². The average molecular weight is 437 g/mol. The van der Waals surface area contributed by atoms with Crippen LogP contribution in [0.3, 0.4) is 0 Å². The first-order valence-corrected chi connectivity index (χ1v) is 11.0. The fraction of sp³-hybridized carbons (Fsp3) is 0.143. The van der Waals surface area contributed by atoms with Crippen molar-refractivity contribution in [1.29, 1.82) is 0 Å². The van der Waals surface area contributed by atoms with Crippen LogP contribution in [0.5, 0.6) is 0 Å². The van der Waals surface area contributed by atoms with Gasteiger partial charge in [-0.15, -0.1) is 0 Å². The number of hydrogen-bond donors (Lipinski definition) is 0. The largest absolute Gasteiger partial charge is 0.0619 e. The first-order chi connectivity index (χ1) is 14.0. The highest BCUT2D eigenvalue weighted by Crippen LogP contribution is 2.50. The molecule has 29 heavy (non-hydrogen) atoms. The van der Waals surface area contributed by atoms with Gasteiger partial charge >= 0.3 is 0 Å². The summed E-state index contributed by atoms with van der Waals surface area (Å²) in [6, 6.07) is 29.5. The van der Waals surface area contributed by atoms with Crippen LogP contribution in [0.4, 0.5) is 0 Å². The Bertz CT molecular complexity index is 1310. The zero-order valence-corrected chi connectivity index (χ0v) is 18.2. The third-order valence-electron chi connectivity index (χ3n) is 6.77. The number of benzene rings is 4. The molecule has 0 amide bonds. The highest BCUT2D eigenvalue weighted by atomic mass is 79.9. The van der Waals surface area contributed by atoms with Gasteiger partial charge in [0.25, 0.3) is 0 Å². The fourth-order valence-electron chi connectivity index (χ4n) is 5.19. The van der Waals surface area contributed by atoms with Gasteiger partial charge in [0, 0.05) is 9.89 Å². The first-order valence-electron chi connectivity index (χ1n) is 10.2. The minimum Gasteiger partial charge on any atom is -0.0619 e. The topological polar surface area (TPSA) is 0 Å². The molecule has 0 aromatic heterocycles. The van der Waals surface area contributed by atoms with E-state index >= 15 is 0 Å². The minimum absolute atomic E-state index is 0.00772. The lowest BCUT2D eigenvalue weighted by atomic mass is 9.81. The van der Waals surface area contributed by atoms with E-state index in [4.69, 9.17) is 0 Å². The number of rotatable bonds is 1. The Hall–Kier alpha value is -2.64. The predicted octanol–water partition coefficient (Wildman–Crippen LogP) is 7.99. The van der Waals surface area contributed by atoms with E-state index in [-0.39, 0.29) is 5.41 Å². The Kier molecular flexibility index (Phi) is 3.53. The molecule has 0 nitrogen and oxygen atoms in total. The van der Waals surface area contributed by atoms with Crippen molar-refractivity contribution in [2.45, 2.75) is 25.7 Å². The summed E-state index contributed by atoms with van der Waals surface area (Å²) in [6.07, 6.45) is 1.05. The van der Waals surface area contributed by atoms with Crippen LogP contribution in [0, 0.1) is 0 Å². The molecule has 0 bridgehead atoms. The van der Waals surface area contributed by atoms with E-state index in [1.54, 1.807) is 0 Å². The molecule has 0 N–H and O–H groups in total. The van der Waals surface area contributed by atoms with Gasteiger partial charge in [-0.25, -0.2) is 0 Å². The highest BCUT2D eigenvalue weighted by molar-refractivity contribution is 9.10. The average Bonchev–Trinajstić information content (AvgIpc) is 3.20. The van der Waals surface area contributed by atoms with Gasteiger partial charge < -0.3 is 0 Å². The van der Waals surface area contributed by atoms with E-state index in [1.807, 2.05) is 0 Å². The lowest BCUT2D eigenvalue weighted by Gasteiger charge is -2.22. The van der Waals surface area contributed by atoms with E-state index < -0.39 is 0 Å². The molecule has 0 atom stereocenters. The zero-order valence-electron chi connectivity index (χ0n) is 16.6. The van der Waals surface area contributed by atoms with Crippen molar-refractivity contribution >= 4 is 15.9 Å². The maximum atomic E-state index is 3.65. The SMILES string of the molecule is CC1(C)c2cc(Br)ccc2-c2ccc(-c3ccc4c(c3)-c3ccccc3C4)cc21. The first kappa shape index (κ1) is 17.2. The van der Waals surface area contributed by atoms with Crippen molar-refractivity contribution in [2.75, 3.05) is 0 Å². The van der Waals surface area contributed by atoms with Crippen LogP contribution in [0.1, 0.15) is 36.1 Å². The van der Waals surface area contributed by atoms with E-state index in [2.05, 4.69) is 109 Å². The second kappa shape index (κ2) is 5.93. The molecular weight excluding hydrogens is 416 g/mol. The third-order valence-corrected chi connectivity index (χ3v) is 7.26. The van der Waals surface area contributed by atoms with E-state index in [1.165, 1.54) is 55.6 Å². The maximum absolute atomic E-state index is 3.65. The maximum Gasteiger partial charge on any atom is 0.0178 e.